The lowest BCUT2D eigenvalue weighted by atomic mass is 9.98. The van der Waals surface area contributed by atoms with Crippen molar-refractivity contribution in [3.8, 4) is 0 Å². The van der Waals surface area contributed by atoms with E-state index in [1.165, 1.54) is 5.56 Å². The molecule has 0 atom stereocenters. The highest BCUT2D eigenvalue weighted by atomic mass is 16.6. The van der Waals surface area contributed by atoms with Crippen LogP contribution in [0, 0.1) is 0 Å². The number of carbonyl (C=O) groups is 2. The number of benzene rings is 1. The molecule has 0 saturated heterocycles. The van der Waals surface area contributed by atoms with Gasteiger partial charge in [0.05, 0.1) is 5.60 Å². The lowest BCUT2D eigenvalue weighted by Gasteiger charge is -2.37. The molecule has 0 spiro atoms. The van der Waals surface area contributed by atoms with E-state index in [1.807, 2.05) is 19.9 Å². The van der Waals surface area contributed by atoms with Gasteiger partial charge in [0, 0.05) is 25.2 Å². The number of rotatable bonds is 10. The second-order valence-corrected chi connectivity index (χ2v) is 12.4. The van der Waals surface area contributed by atoms with Gasteiger partial charge in [-0.05, 0) is 94.7 Å². The zero-order chi connectivity index (χ0) is 27.1. The minimum absolute atomic E-state index is 0.0645. The van der Waals surface area contributed by atoms with Crippen molar-refractivity contribution in [3.63, 3.8) is 0 Å². The molecule has 200 valence electrons. The predicted octanol–water partition coefficient (Wildman–Crippen LogP) is 6.64. The summed E-state index contributed by atoms with van der Waals surface area (Å²) in [6.07, 6.45) is -0.148. The Morgan fingerprint density at radius 3 is 1.71 bits per heavy atom. The minimum atomic E-state index is -0.722. The van der Waals surface area contributed by atoms with E-state index >= 15 is 0 Å². The second-order valence-electron chi connectivity index (χ2n) is 12.4. The van der Waals surface area contributed by atoms with Gasteiger partial charge in [-0.2, -0.15) is 0 Å². The number of nitrogens with zero attached hydrogens (tertiary/aromatic N) is 2. The molecule has 2 amide bonds. The molecule has 0 unspecified atom stereocenters. The summed E-state index contributed by atoms with van der Waals surface area (Å²) >= 11 is 0. The first kappa shape index (κ1) is 30.9. The molecule has 0 aliphatic rings. The van der Waals surface area contributed by atoms with Crippen LogP contribution in [0.2, 0.25) is 0 Å². The van der Waals surface area contributed by atoms with Crippen LogP contribution in [-0.4, -0.2) is 64.5 Å². The van der Waals surface area contributed by atoms with Crippen LogP contribution in [0.3, 0.4) is 0 Å². The van der Waals surface area contributed by atoms with E-state index in [1.54, 1.807) is 41.5 Å². The van der Waals surface area contributed by atoms with Crippen molar-refractivity contribution in [1.82, 2.24) is 9.80 Å². The molecule has 0 bridgehead atoms. The molecular formula is C28H48N2O5. The molecule has 35 heavy (non-hydrogen) atoms. The Morgan fingerprint density at radius 2 is 1.26 bits per heavy atom. The molecule has 1 aromatic rings. The van der Waals surface area contributed by atoms with Crippen molar-refractivity contribution < 1.29 is 23.8 Å². The molecule has 0 aliphatic heterocycles. The average molecular weight is 493 g/mol. The molecule has 0 fully saturated rings. The summed E-state index contributed by atoms with van der Waals surface area (Å²) in [5.74, 6) is 0. The molecule has 0 heterocycles. The summed E-state index contributed by atoms with van der Waals surface area (Å²) in [6.45, 7) is 20.5. The molecule has 1 rings (SSSR count). The maximum Gasteiger partial charge on any atom is 0.419 e. The Labute approximate surface area is 213 Å². The molecule has 0 aromatic heterocycles. The van der Waals surface area contributed by atoms with Crippen molar-refractivity contribution >= 4 is 12.2 Å². The van der Waals surface area contributed by atoms with Gasteiger partial charge < -0.3 is 14.2 Å². The summed E-state index contributed by atoms with van der Waals surface area (Å²) in [7, 11) is 2.12. The first-order valence-electron chi connectivity index (χ1n) is 12.4. The molecule has 7 heteroatoms. The quantitative estimate of drug-likeness (QED) is 0.364. The summed E-state index contributed by atoms with van der Waals surface area (Å²) in [5, 5.41) is 0. The van der Waals surface area contributed by atoms with E-state index in [-0.39, 0.29) is 12.1 Å². The smallest absolute Gasteiger partial charge is 0.419 e. The first-order chi connectivity index (χ1) is 15.8. The maximum absolute atomic E-state index is 12.7. The van der Waals surface area contributed by atoms with Gasteiger partial charge >= 0.3 is 12.2 Å². The number of hydrogen-bond donors (Lipinski definition) is 0. The number of amides is 2. The highest BCUT2D eigenvalue weighted by Gasteiger charge is 2.33. The zero-order valence-electron chi connectivity index (χ0n) is 23.9. The normalized spacial score (nSPS) is 13.0. The summed E-state index contributed by atoms with van der Waals surface area (Å²) in [6, 6.07) is 10.4. The predicted molar refractivity (Wildman–Crippen MR) is 140 cm³/mol. The lowest BCUT2D eigenvalue weighted by Crippen LogP contribution is -2.46. The maximum atomic E-state index is 12.7. The molecule has 0 radical (unpaired) electrons. The summed E-state index contributed by atoms with van der Waals surface area (Å²) in [4.78, 5) is 28.8. The number of hydrogen-bond acceptors (Lipinski definition) is 6. The molecule has 0 aliphatic carbocycles. The minimum Gasteiger partial charge on any atom is -0.443 e. The fourth-order valence-electron chi connectivity index (χ4n) is 3.18. The second kappa shape index (κ2) is 12.2. The Hall–Kier alpha value is -2.12. The number of imide groups is 1. The highest BCUT2D eigenvalue weighted by Crippen LogP contribution is 2.23. The molecule has 7 nitrogen and oxygen atoms in total. The van der Waals surface area contributed by atoms with Crippen LogP contribution in [0.1, 0.15) is 87.6 Å². The summed E-state index contributed by atoms with van der Waals surface area (Å²) < 4.78 is 17.1. The largest absolute Gasteiger partial charge is 0.443 e. The third-order valence-corrected chi connectivity index (χ3v) is 5.67. The van der Waals surface area contributed by atoms with Gasteiger partial charge in [-0.15, -0.1) is 0 Å². The Morgan fingerprint density at radius 1 is 0.771 bits per heavy atom. The lowest BCUT2D eigenvalue weighted by molar-refractivity contribution is -0.0463. The third-order valence-electron chi connectivity index (χ3n) is 5.67. The van der Waals surface area contributed by atoms with Crippen LogP contribution >= 0.6 is 0 Å². The van der Waals surface area contributed by atoms with E-state index in [4.69, 9.17) is 14.2 Å². The molecule has 0 N–H and O–H groups in total. The van der Waals surface area contributed by atoms with Crippen LogP contribution in [0.5, 0.6) is 0 Å². The Balaban J connectivity index is 2.71. The Kier molecular flexibility index (Phi) is 10.8. The fourth-order valence-corrected chi connectivity index (χ4v) is 3.18. The fraction of sp³-hybridized carbons (Fsp3) is 0.714. The molecule has 1 aromatic carbocycles. The van der Waals surface area contributed by atoms with Crippen molar-refractivity contribution in [1.29, 1.82) is 0 Å². The van der Waals surface area contributed by atoms with Gasteiger partial charge in [-0.1, -0.05) is 30.3 Å². The van der Waals surface area contributed by atoms with Crippen LogP contribution < -0.4 is 0 Å². The first-order valence-corrected chi connectivity index (χ1v) is 12.4. The van der Waals surface area contributed by atoms with Crippen LogP contribution in [-0.2, 0) is 20.8 Å². The van der Waals surface area contributed by atoms with E-state index < -0.39 is 29.0 Å². The van der Waals surface area contributed by atoms with Crippen molar-refractivity contribution in [2.45, 2.75) is 111 Å². The average Bonchev–Trinajstić information content (AvgIpc) is 2.65. The van der Waals surface area contributed by atoms with Crippen LogP contribution in [0.25, 0.3) is 0 Å². The van der Waals surface area contributed by atoms with E-state index in [9.17, 15) is 9.59 Å². The van der Waals surface area contributed by atoms with E-state index in [2.05, 4.69) is 50.1 Å². The van der Waals surface area contributed by atoms with Crippen LogP contribution in [0.15, 0.2) is 30.3 Å². The number of ether oxygens (including phenoxy) is 3. The standard InChI is InChI=1S/C28H48N2O5/c1-25(2,3)34-23(31)30(24(32)35-26(4,5)6)19-17-28(9,10)33-20-18-27(7,8)29(11)21-22-15-13-12-14-16-22/h12-16H,17-21H2,1-11H3. The molecule has 0 saturated carbocycles. The van der Waals surface area contributed by atoms with Crippen molar-refractivity contribution in [2.75, 3.05) is 20.2 Å². The van der Waals surface area contributed by atoms with Gasteiger partial charge in [-0.3, -0.25) is 4.90 Å². The van der Waals surface area contributed by atoms with Gasteiger partial charge in [-0.25, -0.2) is 14.5 Å². The van der Waals surface area contributed by atoms with Crippen LogP contribution in [0.4, 0.5) is 9.59 Å². The van der Waals surface area contributed by atoms with Gasteiger partial charge in [0.1, 0.15) is 11.2 Å². The monoisotopic (exact) mass is 492 g/mol. The van der Waals surface area contributed by atoms with Gasteiger partial charge in [0.15, 0.2) is 0 Å². The topological polar surface area (TPSA) is 68.3 Å². The highest BCUT2D eigenvalue weighted by molar-refractivity contribution is 5.88. The van der Waals surface area contributed by atoms with E-state index in [0.717, 1.165) is 17.9 Å². The van der Waals surface area contributed by atoms with Gasteiger partial charge in [0.2, 0.25) is 0 Å². The van der Waals surface area contributed by atoms with Gasteiger partial charge in [0.25, 0.3) is 0 Å². The molecular weight excluding hydrogens is 444 g/mol. The zero-order valence-corrected chi connectivity index (χ0v) is 23.9. The number of carbonyl (C=O) groups excluding carboxylic acids is 2. The summed E-state index contributed by atoms with van der Waals surface area (Å²) in [5.41, 5.74) is -0.781. The SMILES string of the molecule is CN(Cc1ccccc1)C(C)(C)CCOC(C)(C)CCN(C(=O)OC(C)(C)C)C(=O)OC(C)(C)C. The Bertz CT molecular complexity index is 779. The van der Waals surface area contributed by atoms with Crippen molar-refractivity contribution in [2.24, 2.45) is 0 Å². The van der Waals surface area contributed by atoms with Crippen molar-refractivity contribution in [3.05, 3.63) is 35.9 Å². The van der Waals surface area contributed by atoms with E-state index in [0.29, 0.717) is 13.0 Å². The third kappa shape index (κ3) is 12.4.